The largest absolute Gasteiger partial charge is 0.493 e. The molecule has 28 heavy (non-hydrogen) atoms. The maximum absolute atomic E-state index is 10.0. The third kappa shape index (κ3) is 2.97. The molecule has 0 N–H and O–H groups in total. The molecule has 3 aromatic carbocycles. The summed E-state index contributed by atoms with van der Waals surface area (Å²) in [5, 5.41) is 10.9. The Kier molecular flexibility index (Phi) is 4.74. The molecule has 4 rings (SSSR count). The van der Waals surface area contributed by atoms with Crippen molar-refractivity contribution < 1.29 is 9.47 Å². The smallest absolute Gasteiger partial charge is 0.162 e. The lowest BCUT2D eigenvalue weighted by Gasteiger charge is -2.13. The summed E-state index contributed by atoms with van der Waals surface area (Å²) >= 11 is 0. The monoisotopic (exact) mass is 368 g/mol. The van der Waals surface area contributed by atoms with Gasteiger partial charge in [-0.1, -0.05) is 60.7 Å². The number of hydrogen-bond donors (Lipinski definition) is 0. The fourth-order valence-corrected chi connectivity index (χ4v) is 3.61. The van der Waals surface area contributed by atoms with Gasteiger partial charge >= 0.3 is 0 Å². The van der Waals surface area contributed by atoms with E-state index in [1.807, 2.05) is 60.7 Å². The number of nitriles is 1. The van der Waals surface area contributed by atoms with Gasteiger partial charge in [-0.3, -0.25) is 0 Å². The average molecular weight is 368 g/mol. The summed E-state index contributed by atoms with van der Waals surface area (Å²) in [5.41, 5.74) is 4.65. The molecule has 4 heteroatoms. The second-order valence-corrected chi connectivity index (χ2v) is 6.50. The number of nitrogens with zero attached hydrogens (tertiary/aromatic N) is 2. The van der Waals surface area contributed by atoms with Gasteiger partial charge in [-0.05, 0) is 17.2 Å². The lowest BCUT2D eigenvalue weighted by atomic mass is 10.1. The van der Waals surface area contributed by atoms with Crippen LogP contribution in [0.5, 0.6) is 11.5 Å². The van der Waals surface area contributed by atoms with E-state index < -0.39 is 0 Å². The number of fused-ring (bicyclic) bond motifs is 1. The maximum atomic E-state index is 10.0. The quantitative estimate of drug-likeness (QED) is 0.484. The van der Waals surface area contributed by atoms with Gasteiger partial charge in [-0.15, -0.1) is 0 Å². The summed E-state index contributed by atoms with van der Waals surface area (Å²) in [4.78, 5) is 0. The molecule has 0 aliphatic heterocycles. The first-order valence-electron chi connectivity index (χ1n) is 9.04. The summed E-state index contributed by atoms with van der Waals surface area (Å²) in [6.45, 7) is 0.652. The highest BCUT2D eigenvalue weighted by Crippen LogP contribution is 2.40. The first kappa shape index (κ1) is 17.7. The molecule has 4 aromatic rings. The lowest BCUT2D eigenvalue weighted by molar-refractivity contribution is 0.355. The van der Waals surface area contributed by atoms with Crippen LogP contribution in [0.1, 0.15) is 11.1 Å². The minimum absolute atomic E-state index is 0.614. The van der Waals surface area contributed by atoms with Crippen LogP contribution in [-0.2, 0) is 6.54 Å². The van der Waals surface area contributed by atoms with Crippen LogP contribution in [-0.4, -0.2) is 18.8 Å². The van der Waals surface area contributed by atoms with Crippen LogP contribution in [0.25, 0.3) is 22.2 Å². The van der Waals surface area contributed by atoms with Gasteiger partial charge < -0.3 is 14.0 Å². The first-order chi connectivity index (χ1) is 13.8. The molecule has 0 aliphatic rings. The van der Waals surface area contributed by atoms with E-state index in [4.69, 9.17) is 9.47 Å². The normalized spacial score (nSPS) is 10.6. The first-order valence-corrected chi connectivity index (χ1v) is 9.04. The highest BCUT2D eigenvalue weighted by atomic mass is 16.5. The maximum Gasteiger partial charge on any atom is 0.162 e. The van der Waals surface area contributed by atoms with E-state index in [2.05, 4.69) is 22.8 Å². The Morgan fingerprint density at radius 2 is 1.46 bits per heavy atom. The van der Waals surface area contributed by atoms with Gasteiger partial charge in [0.1, 0.15) is 6.07 Å². The molecule has 0 atom stereocenters. The SMILES string of the molecule is COc1cc2c(C#N)c(-c3ccccc3)n(Cc3ccccc3)c2cc1OC. The van der Waals surface area contributed by atoms with Crippen molar-refractivity contribution in [2.24, 2.45) is 0 Å². The Balaban J connectivity index is 2.06. The van der Waals surface area contributed by atoms with E-state index in [0.29, 0.717) is 23.6 Å². The van der Waals surface area contributed by atoms with Gasteiger partial charge in [0.05, 0.1) is 31.0 Å². The average Bonchev–Trinajstić information content (AvgIpc) is 3.06. The van der Waals surface area contributed by atoms with Crippen LogP contribution in [0, 0.1) is 11.3 Å². The summed E-state index contributed by atoms with van der Waals surface area (Å²) in [5.74, 6) is 1.26. The molecule has 4 nitrogen and oxygen atoms in total. The molecule has 0 amide bonds. The van der Waals surface area contributed by atoms with E-state index in [9.17, 15) is 5.26 Å². The molecule has 0 spiro atoms. The predicted molar refractivity (Wildman–Crippen MR) is 111 cm³/mol. The minimum Gasteiger partial charge on any atom is -0.493 e. The Morgan fingerprint density at radius 1 is 0.857 bits per heavy atom. The standard InChI is InChI=1S/C24H20N2O2/c1-27-22-13-19-20(15-25)24(18-11-7-4-8-12-18)26(21(19)14-23(22)28-2)16-17-9-5-3-6-10-17/h3-14H,16H2,1-2H3. The number of ether oxygens (including phenoxy) is 2. The van der Waals surface area contributed by atoms with Crippen molar-refractivity contribution in [3.63, 3.8) is 0 Å². The number of hydrogen-bond acceptors (Lipinski definition) is 3. The Morgan fingerprint density at radius 3 is 2.07 bits per heavy atom. The van der Waals surface area contributed by atoms with Crippen LogP contribution in [0.2, 0.25) is 0 Å². The topological polar surface area (TPSA) is 47.2 Å². The van der Waals surface area contributed by atoms with E-state index >= 15 is 0 Å². The second kappa shape index (κ2) is 7.50. The summed E-state index contributed by atoms with van der Waals surface area (Å²) < 4.78 is 13.2. The molecule has 0 unspecified atom stereocenters. The van der Waals surface area contributed by atoms with Crippen molar-refractivity contribution in [1.82, 2.24) is 4.57 Å². The van der Waals surface area contributed by atoms with Gasteiger partial charge in [0, 0.05) is 18.0 Å². The van der Waals surface area contributed by atoms with Gasteiger partial charge in [0.25, 0.3) is 0 Å². The zero-order valence-corrected chi connectivity index (χ0v) is 15.8. The van der Waals surface area contributed by atoms with E-state index in [1.165, 1.54) is 0 Å². The number of rotatable bonds is 5. The highest BCUT2D eigenvalue weighted by molar-refractivity contribution is 5.96. The Hall–Kier alpha value is -3.71. The molecule has 0 aliphatic carbocycles. The van der Waals surface area contributed by atoms with Crippen LogP contribution >= 0.6 is 0 Å². The molecule has 0 fully saturated rings. The minimum atomic E-state index is 0.614. The third-order valence-corrected chi connectivity index (χ3v) is 4.91. The van der Waals surface area contributed by atoms with E-state index in [-0.39, 0.29) is 0 Å². The molecule has 0 saturated carbocycles. The van der Waals surface area contributed by atoms with Crippen molar-refractivity contribution >= 4 is 10.9 Å². The zero-order valence-electron chi connectivity index (χ0n) is 15.8. The van der Waals surface area contributed by atoms with E-state index in [1.54, 1.807) is 14.2 Å². The van der Waals surface area contributed by atoms with Gasteiger partial charge in [0.2, 0.25) is 0 Å². The summed E-state index contributed by atoms with van der Waals surface area (Å²) in [6, 6.07) is 26.5. The fraction of sp³-hybridized carbons (Fsp3) is 0.125. The third-order valence-electron chi connectivity index (χ3n) is 4.91. The van der Waals surface area contributed by atoms with Crippen LogP contribution in [0.15, 0.2) is 72.8 Å². The molecule has 1 aromatic heterocycles. The Labute approximate surface area is 164 Å². The second-order valence-electron chi connectivity index (χ2n) is 6.50. The van der Waals surface area contributed by atoms with Crippen molar-refractivity contribution in [1.29, 1.82) is 5.26 Å². The van der Waals surface area contributed by atoms with Crippen molar-refractivity contribution in [3.8, 4) is 28.8 Å². The molecule has 0 saturated heterocycles. The molecular weight excluding hydrogens is 348 g/mol. The van der Waals surface area contributed by atoms with E-state index in [0.717, 1.165) is 27.7 Å². The number of aromatic nitrogens is 1. The summed E-state index contributed by atoms with van der Waals surface area (Å²) in [7, 11) is 3.23. The van der Waals surface area contributed by atoms with Gasteiger partial charge in [-0.25, -0.2) is 0 Å². The molecule has 0 bridgehead atoms. The lowest BCUT2D eigenvalue weighted by Crippen LogP contribution is -2.02. The van der Waals surface area contributed by atoms with Crippen molar-refractivity contribution in [2.45, 2.75) is 6.54 Å². The Bertz CT molecular complexity index is 1160. The molecule has 0 radical (unpaired) electrons. The van der Waals surface area contributed by atoms with Crippen molar-refractivity contribution in [2.75, 3.05) is 14.2 Å². The molecular formula is C24H20N2O2. The summed E-state index contributed by atoms with van der Waals surface area (Å²) in [6.07, 6.45) is 0. The number of benzene rings is 3. The van der Waals surface area contributed by atoms with Gasteiger partial charge in [-0.2, -0.15) is 5.26 Å². The van der Waals surface area contributed by atoms with Gasteiger partial charge in [0.15, 0.2) is 11.5 Å². The molecule has 138 valence electrons. The van der Waals surface area contributed by atoms with Crippen LogP contribution in [0.4, 0.5) is 0 Å². The molecule has 1 heterocycles. The van der Waals surface area contributed by atoms with Crippen LogP contribution < -0.4 is 9.47 Å². The fourth-order valence-electron chi connectivity index (χ4n) is 3.61. The van der Waals surface area contributed by atoms with Crippen LogP contribution in [0.3, 0.4) is 0 Å². The van der Waals surface area contributed by atoms with Crippen molar-refractivity contribution in [3.05, 3.63) is 83.9 Å². The predicted octanol–water partition coefficient (Wildman–Crippen LogP) is 5.25. The zero-order chi connectivity index (χ0) is 19.5. The number of methoxy groups -OCH3 is 2. The highest BCUT2D eigenvalue weighted by Gasteiger charge is 2.21.